The lowest BCUT2D eigenvalue weighted by Gasteiger charge is -2.07. The second-order valence-electron chi connectivity index (χ2n) is 4.40. The Bertz CT molecular complexity index is 283. The maximum atomic E-state index is 9.95. The van der Waals surface area contributed by atoms with E-state index in [4.69, 9.17) is 0 Å². The fraction of sp³-hybridized carbons (Fsp3) is 0.769. The van der Waals surface area contributed by atoms with Crippen molar-refractivity contribution in [1.82, 2.24) is 9.78 Å². The molecule has 1 unspecified atom stereocenters. The highest BCUT2D eigenvalue weighted by molar-refractivity contribution is 5.07. The molecule has 3 heteroatoms. The maximum absolute atomic E-state index is 9.95. The van der Waals surface area contributed by atoms with Crippen molar-refractivity contribution in [3.63, 3.8) is 0 Å². The highest BCUT2D eigenvalue weighted by atomic mass is 16.3. The number of hydrogen-bond donors (Lipinski definition) is 1. The van der Waals surface area contributed by atoms with Crippen molar-refractivity contribution in [2.24, 2.45) is 0 Å². The number of aliphatic hydroxyl groups excluding tert-OH is 1. The van der Waals surface area contributed by atoms with Crippen LogP contribution >= 0.6 is 0 Å². The molecule has 0 saturated heterocycles. The number of nitrogens with zero attached hydrogens (tertiary/aromatic N) is 2. The second kappa shape index (κ2) is 7.44. The summed E-state index contributed by atoms with van der Waals surface area (Å²) in [5.41, 5.74) is 0.963. The molecule has 0 saturated carbocycles. The average molecular weight is 224 g/mol. The fourth-order valence-corrected chi connectivity index (χ4v) is 1.83. The lowest BCUT2D eigenvalue weighted by molar-refractivity contribution is 0.163. The topological polar surface area (TPSA) is 38.1 Å². The van der Waals surface area contributed by atoms with E-state index >= 15 is 0 Å². The maximum Gasteiger partial charge on any atom is 0.0820 e. The van der Waals surface area contributed by atoms with Crippen LogP contribution in [0.5, 0.6) is 0 Å². The zero-order chi connectivity index (χ0) is 11.8. The van der Waals surface area contributed by atoms with E-state index < -0.39 is 0 Å². The van der Waals surface area contributed by atoms with Crippen LogP contribution in [-0.2, 0) is 6.54 Å². The van der Waals surface area contributed by atoms with Gasteiger partial charge in [-0.2, -0.15) is 5.10 Å². The van der Waals surface area contributed by atoms with Crippen LogP contribution in [0.2, 0.25) is 0 Å². The molecule has 0 spiro atoms. The molecule has 1 N–H and O–H groups in total. The zero-order valence-corrected chi connectivity index (χ0v) is 10.5. The lowest BCUT2D eigenvalue weighted by atomic mass is 10.1. The van der Waals surface area contributed by atoms with Gasteiger partial charge in [0.25, 0.3) is 0 Å². The van der Waals surface area contributed by atoms with Gasteiger partial charge >= 0.3 is 0 Å². The Hall–Kier alpha value is -0.830. The number of aliphatic hydroxyl groups is 1. The summed E-state index contributed by atoms with van der Waals surface area (Å²) in [4.78, 5) is 0. The summed E-state index contributed by atoms with van der Waals surface area (Å²) in [7, 11) is 0. The molecule has 1 aromatic rings. The van der Waals surface area contributed by atoms with Crippen molar-refractivity contribution in [2.45, 2.75) is 65.0 Å². The summed E-state index contributed by atoms with van der Waals surface area (Å²) in [6, 6.07) is 0. The molecular weight excluding hydrogens is 200 g/mol. The molecule has 0 aliphatic heterocycles. The van der Waals surface area contributed by atoms with Gasteiger partial charge in [0.05, 0.1) is 12.3 Å². The molecule has 0 amide bonds. The molecule has 0 bridgehead atoms. The molecule has 0 radical (unpaired) electrons. The predicted octanol–water partition coefficient (Wildman–Crippen LogP) is 3.30. The summed E-state index contributed by atoms with van der Waals surface area (Å²) in [5.74, 6) is 0. The van der Waals surface area contributed by atoms with Gasteiger partial charge in [0, 0.05) is 18.3 Å². The first kappa shape index (κ1) is 13.2. The quantitative estimate of drug-likeness (QED) is 0.688. The summed E-state index contributed by atoms with van der Waals surface area (Å²) in [6.45, 7) is 5.26. The number of rotatable bonds is 8. The fourth-order valence-electron chi connectivity index (χ4n) is 1.83. The van der Waals surface area contributed by atoms with Gasteiger partial charge in [-0.05, 0) is 12.8 Å². The number of aryl methyl sites for hydroxylation is 1. The minimum Gasteiger partial charge on any atom is -0.388 e. The molecule has 1 rings (SSSR count). The smallest absolute Gasteiger partial charge is 0.0820 e. The first-order valence-corrected chi connectivity index (χ1v) is 6.48. The van der Waals surface area contributed by atoms with Crippen LogP contribution in [-0.4, -0.2) is 14.9 Å². The zero-order valence-electron chi connectivity index (χ0n) is 10.5. The van der Waals surface area contributed by atoms with Crippen molar-refractivity contribution >= 4 is 0 Å². The van der Waals surface area contributed by atoms with Gasteiger partial charge in [0.2, 0.25) is 0 Å². The first-order valence-electron chi connectivity index (χ1n) is 6.48. The van der Waals surface area contributed by atoms with Crippen molar-refractivity contribution in [3.05, 3.63) is 18.0 Å². The lowest BCUT2D eigenvalue weighted by Crippen LogP contribution is -1.98. The van der Waals surface area contributed by atoms with Crippen LogP contribution in [0.15, 0.2) is 12.4 Å². The largest absolute Gasteiger partial charge is 0.388 e. The Morgan fingerprint density at radius 1 is 1.25 bits per heavy atom. The van der Waals surface area contributed by atoms with E-state index in [0.29, 0.717) is 0 Å². The van der Waals surface area contributed by atoms with E-state index in [1.807, 2.05) is 10.9 Å². The SMILES string of the molecule is CCCCCCC(O)c1cnn(CCC)c1. The number of hydrogen-bond acceptors (Lipinski definition) is 2. The third-order valence-corrected chi connectivity index (χ3v) is 2.82. The summed E-state index contributed by atoms with van der Waals surface area (Å²) < 4.78 is 1.91. The Morgan fingerprint density at radius 3 is 2.75 bits per heavy atom. The van der Waals surface area contributed by atoms with E-state index in [1.54, 1.807) is 6.20 Å². The molecule has 0 fully saturated rings. The highest BCUT2D eigenvalue weighted by Gasteiger charge is 2.09. The third-order valence-electron chi connectivity index (χ3n) is 2.82. The molecular formula is C13H24N2O. The van der Waals surface area contributed by atoms with E-state index in [1.165, 1.54) is 19.3 Å². The Morgan fingerprint density at radius 2 is 2.06 bits per heavy atom. The molecule has 16 heavy (non-hydrogen) atoms. The van der Waals surface area contributed by atoms with Crippen LogP contribution in [0.3, 0.4) is 0 Å². The average Bonchev–Trinajstić information content (AvgIpc) is 2.73. The van der Waals surface area contributed by atoms with Gasteiger partial charge in [-0.3, -0.25) is 4.68 Å². The van der Waals surface area contributed by atoms with Crippen LogP contribution in [0.25, 0.3) is 0 Å². The second-order valence-corrected chi connectivity index (χ2v) is 4.40. The summed E-state index contributed by atoms with van der Waals surface area (Å²) in [6.07, 6.45) is 10.2. The van der Waals surface area contributed by atoms with Crippen molar-refractivity contribution < 1.29 is 5.11 Å². The molecule has 0 aliphatic carbocycles. The number of aromatic nitrogens is 2. The normalized spacial score (nSPS) is 12.9. The minimum absolute atomic E-state index is 0.331. The first-order chi connectivity index (χ1) is 7.77. The van der Waals surface area contributed by atoms with Crippen LogP contribution in [0, 0.1) is 0 Å². The standard InChI is InChI=1S/C13H24N2O/c1-3-5-6-7-8-13(16)12-10-14-15(11-12)9-4-2/h10-11,13,16H,3-9H2,1-2H3. The van der Waals surface area contributed by atoms with Crippen molar-refractivity contribution in [2.75, 3.05) is 0 Å². The van der Waals surface area contributed by atoms with Gasteiger partial charge in [0.15, 0.2) is 0 Å². The molecule has 0 aromatic carbocycles. The molecule has 1 aromatic heterocycles. The van der Waals surface area contributed by atoms with E-state index in [9.17, 15) is 5.11 Å². The molecule has 1 heterocycles. The molecule has 3 nitrogen and oxygen atoms in total. The predicted molar refractivity (Wildman–Crippen MR) is 66.2 cm³/mol. The third kappa shape index (κ3) is 4.35. The van der Waals surface area contributed by atoms with Gasteiger partial charge in [-0.1, -0.05) is 39.5 Å². The molecule has 1 atom stereocenters. The van der Waals surface area contributed by atoms with E-state index in [2.05, 4.69) is 18.9 Å². The van der Waals surface area contributed by atoms with Gasteiger partial charge in [0.1, 0.15) is 0 Å². The van der Waals surface area contributed by atoms with Crippen LogP contribution in [0.4, 0.5) is 0 Å². The summed E-state index contributed by atoms with van der Waals surface area (Å²) in [5, 5.41) is 14.2. The van der Waals surface area contributed by atoms with E-state index in [0.717, 1.165) is 31.4 Å². The van der Waals surface area contributed by atoms with Crippen molar-refractivity contribution in [1.29, 1.82) is 0 Å². The Balaban J connectivity index is 2.31. The van der Waals surface area contributed by atoms with Crippen LogP contribution < -0.4 is 0 Å². The molecule has 92 valence electrons. The van der Waals surface area contributed by atoms with Crippen LogP contribution in [0.1, 0.15) is 64.0 Å². The summed E-state index contributed by atoms with van der Waals surface area (Å²) >= 11 is 0. The van der Waals surface area contributed by atoms with Crippen molar-refractivity contribution in [3.8, 4) is 0 Å². The van der Waals surface area contributed by atoms with Gasteiger partial charge < -0.3 is 5.11 Å². The van der Waals surface area contributed by atoms with Gasteiger partial charge in [-0.25, -0.2) is 0 Å². The monoisotopic (exact) mass is 224 g/mol. The number of unbranched alkanes of at least 4 members (excludes halogenated alkanes) is 3. The minimum atomic E-state index is -0.331. The Kier molecular flexibility index (Phi) is 6.16. The molecule has 0 aliphatic rings. The van der Waals surface area contributed by atoms with Gasteiger partial charge in [-0.15, -0.1) is 0 Å². The Labute approximate surface area is 98.5 Å². The highest BCUT2D eigenvalue weighted by Crippen LogP contribution is 2.19. The van der Waals surface area contributed by atoms with E-state index in [-0.39, 0.29) is 6.10 Å².